The molecule has 1 aromatic carbocycles. The van der Waals surface area contributed by atoms with Gasteiger partial charge in [0.25, 0.3) is 5.91 Å². The van der Waals surface area contributed by atoms with Gasteiger partial charge in [0.2, 0.25) is 0 Å². The van der Waals surface area contributed by atoms with E-state index in [1.165, 1.54) is 6.20 Å². The molecule has 1 amide bonds. The molecule has 0 saturated heterocycles. The van der Waals surface area contributed by atoms with Crippen LogP contribution >= 0.6 is 11.6 Å². The maximum absolute atomic E-state index is 11.6. The van der Waals surface area contributed by atoms with Gasteiger partial charge < -0.3 is 0 Å². The van der Waals surface area contributed by atoms with E-state index in [2.05, 4.69) is 10.6 Å². The Labute approximate surface area is 109 Å². The summed E-state index contributed by atoms with van der Waals surface area (Å²) in [7, 11) is 0. The quantitative estimate of drug-likeness (QED) is 0.863. The average Bonchev–Trinajstić information content (AvgIpc) is 2.85. The molecule has 1 heterocycles. The van der Waals surface area contributed by atoms with Crippen LogP contribution in [0.3, 0.4) is 0 Å². The molecule has 2 aromatic rings. The first-order valence-electron chi connectivity index (χ1n) is 5.43. The summed E-state index contributed by atoms with van der Waals surface area (Å²) in [5, 5.41) is 4.71. The number of hydroxylamine groups is 1. The molecule has 2 rings (SSSR count). The Morgan fingerprint density at radius 2 is 2.39 bits per heavy atom. The lowest BCUT2D eigenvalue weighted by molar-refractivity contribution is 0.0364. The number of carbonyl (C=O) groups is 1. The summed E-state index contributed by atoms with van der Waals surface area (Å²) >= 11 is 5.89. The summed E-state index contributed by atoms with van der Waals surface area (Å²) in [6.07, 6.45) is 3.08. The molecule has 0 aliphatic heterocycles. The summed E-state index contributed by atoms with van der Waals surface area (Å²) in [6, 6.07) is 7.21. The lowest BCUT2D eigenvalue weighted by Crippen LogP contribution is -2.23. The first-order chi connectivity index (χ1) is 8.70. The summed E-state index contributed by atoms with van der Waals surface area (Å²) in [5.41, 5.74) is 3.52. The van der Waals surface area contributed by atoms with Gasteiger partial charge in [0.15, 0.2) is 0 Å². The minimum atomic E-state index is -0.329. The summed E-state index contributed by atoms with van der Waals surface area (Å²) in [6.45, 7) is 2.20. The van der Waals surface area contributed by atoms with E-state index in [-0.39, 0.29) is 5.91 Å². The molecule has 0 aliphatic rings. The fraction of sp³-hybridized carbons (Fsp3) is 0.167. The van der Waals surface area contributed by atoms with Crippen molar-refractivity contribution in [1.29, 1.82) is 0 Å². The van der Waals surface area contributed by atoms with Crippen LogP contribution in [0.2, 0.25) is 5.02 Å². The molecule has 0 spiro atoms. The van der Waals surface area contributed by atoms with Crippen molar-refractivity contribution >= 4 is 17.5 Å². The maximum atomic E-state index is 11.6. The summed E-state index contributed by atoms with van der Waals surface area (Å²) in [4.78, 5) is 16.4. The molecule has 1 N–H and O–H groups in total. The molecule has 94 valence electrons. The lowest BCUT2D eigenvalue weighted by Gasteiger charge is -2.01. The second-order valence-electron chi connectivity index (χ2n) is 3.52. The van der Waals surface area contributed by atoms with E-state index in [0.717, 1.165) is 5.69 Å². The van der Waals surface area contributed by atoms with Crippen molar-refractivity contribution in [2.75, 3.05) is 6.61 Å². The van der Waals surface area contributed by atoms with Crippen LogP contribution in [0.5, 0.6) is 0 Å². The topological polar surface area (TPSA) is 56.1 Å². The summed E-state index contributed by atoms with van der Waals surface area (Å²) in [5.74, 6) is -0.329. The molecule has 1 aromatic heterocycles. The van der Waals surface area contributed by atoms with Gasteiger partial charge in [-0.3, -0.25) is 9.63 Å². The normalized spacial score (nSPS) is 10.3. The average molecular weight is 266 g/mol. The Bertz CT molecular complexity index is 554. The smallest absolute Gasteiger partial charge is 0.274 e. The molecule has 0 aliphatic carbocycles. The van der Waals surface area contributed by atoms with Crippen LogP contribution in [-0.2, 0) is 4.84 Å². The lowest BCUT2D eigenvalue weighted by atomic mass is 10.3. The highest BCUT2D eigenvalue weighted by Gasteiger charge is 2.09. The first kappa shape index (κ1) is 12.6. The number of hydrogen-bond donors (Lipinski definition) is 1. The van der Waals surface area contributed by atoms with E-state index in [0.29, 0.717) is 17.2 Å². The van der Waals surface area contributed by atoms with Crippen LogP contribution in [0.1, 0.15) is 17.3 Å². The van der Waals surface area contributed by atoms with Crippen molar-refractivity contribution in [3.05, 3.63) is 47.2 Å². The van der Waals surface area contributed by atoms with Gasteiger partial charge in [-0.1, -0.05) is 17.7 Å². The molecule has 18 heavy (non-hydrogen) atoms. The monoisotopic (exact) mass is 265 g/mol. The largest absolute Gasteiger partial charge is 0.278 e. The van der Waals surface area contributed by atoms with Crippen molar-refractivity contribution in [2.24, 2.45) is 0 Å². The number of benzene rings is 1. The molecule has 0 radical (unpaired) electrons. The predicted molar refractivity (Wildman–Crippen MR) is 67.7 cm³/mol. The van der Waals surface area contributed by atoms with Gasteiger partial charge in [0.1, 0.15) is 0 Å². The highest BCUT2D eigenvalue weighted by Crippen LogP contribution is 2.14. The highest BCUT2D eigenvalue weighted by atomic mass is 35.5. The van der Waals surface area contributed by atoms with Crippen molar-refractivity contribution in [3.63, 3.8) is 0 Å². The number of halogens is 1. The highest BCUT2D eigenvalue weighted by molar-refractivity contribution is 6.30. The van der Waals surface area contributed by atoms with Gasteiger partial charge in [0.05, 0.1) is 24.1 Å². The molecule has 0 saturated carbocycles. The van der Waals surface area contributed by atoms with Gasteiger partial charge in [0, 0.05) is 11.2 Å². The van der Waals surface area contributed by atoms with E-state index >= 15 is 0 Å². The van der Waals surface area contributed by atoms with Crippen LogP contribution in [-0.4, -0.2) is 22.3 Å². The van der Waals surface area contributed by atoms with Crippen molar-refractivity contribution < 1.29 is 9.63 Å². The predicted octanol–water partition coefficient (Wildman–Crippen LogP) is 2.21. The number of carbonyl (C=O) groups excluding carboxylic acids is 1. The Hall–Kier alpha value is -1.85. The second-order valence-corrected chi connectivity index (χ2v) is 3.95. The first-order valence-corrected chi connectivity index (χ1v) is 5.81. The van der Waals surface area contributed by atoms with Gasteiger partial charge in [-0.05, 0) is 25.1 Å². The summed E-state index contributed by atoms with van der Waals surface area (Å²) < 4.78 is 1.58. The molecular formula is C12H12ClN3O2. The maximum Gasteiger partial charge on any atom is 0.278 e. The molecule has 0 fully saturated rings. The van der Waals surface area contributed by atoms with Crippen LogP contribution in [0.4, 0.5) is 0 Å². The third kappa shape index (κ3) is 2.88. The molecule has 0 atom stereocenters. The minimum Gasteiger partial charge on any atom is -0.274 e. The second kappa shape index (κ2) is 5.66. The van der Waals surface area contributed by atoms with E-state index in [1.54, 1.807) is 29.9 Å². The molecule has 0 bridgehead atoms. The molecule has 6 heteroatoms. The number of amides is 1. The number of nitrogens with zero attached hydrogens (tertiary/aromatic N) is 2. The Morgan fingerprint density at radius 1 is 1.56 bits per heavy atom. The van der Waals surface area contributed by atoms with Gasteiger partial charge in [-0.25, -0.2) is 10.2 Å². The number of aromatic nitrogens is 2. The third-order valence-electron chi connectivity index (χ3n) is 2.23. The number of rotatable bonds is 4. The van der Waals surface area contributed by atoms with Crippen molar-refractivity contribution in [2.45, 2.75) is 6.92 Å². The standard InChI is InChI=1S/C12H12ClN3O2/c1-2-18-15-12(17)9-7-14-16(8-9)11-5-3-4-10(13)6-11/h3-8H,2H2,1H3,(H,15,17). The van der Waals surface area contributed by atoms with Crippen molar-refractivity contribution in [1.82, 2.24) is 15.3 Å². The van der Waals surface area contributed by atoms with E-state index < -0.39 is 0 Å². The molecule has 0 unspecified atom stereocenters. The van der Waals surface area contributed by atoms with Crippen LogP contribution in [0.25, 0.3) is 5.69 Å². The zero-order valence-corrected chi connectivity index (χ0v) is 10.5. The number of nitrogens with one attached hydrogen (secondary N) is 1. The van der Waals surface area contributed by atoms with E-state index in [4.69, 9.17) is 16.4 Å². The number of hydrogen-bond acceptors (Lipinski definition) is 3. The minimum absolute atomic E-state index is 0.329. The zero-order chi connectivity index (χ0) is 13.0. The van der Waals surface area contributed by atoms with Gasteiger partial charge in [-0.15, -0.1) is 0 Å². The van der Waals surface area contributed by atoms with Crippen LogP contribution < -0.4 is 5.48 Å². The Morgan fingerprint density at radius 3 is 3.11 bits per heavy atom. The molecular weight excluding hydrogens is 254 g/mol. The Kier molecular flexibility index (Phi) is 3.96. The fourth-order valence-electron chi connectivity index (χ4n) is 1.40. The van der Waals surface area contributed by atoms with Gasteiger partial charge >= 0.3 is 0 Å². The van der Waals surface area contributed by atoms with Crippen LogP contribution in [0.15, 0.2) is 36.7 Å². The Balaban J connectivity index is 2.17. The van der Waals surface area contributed by atoms with Crippen molar-refractivity contribution in [3.8, 4) is 5.69 Å². The fourth-order valence-corrected chi connectivity index (χ4v) is 1.58. The van der Waals surface area contributed by atoms with Crippen LogP contribution in [0, 0.1) is 0 Å². The third-order valence-corrected chi connectivity index (χ3v) is 2.46. The van der Waals surface area contributed by atoms with E-state index in [1.807, 2.05) is 12.1 Å². The molecule has 5 nitrogen and oxygen atoms in total. The SMILES string of the molecule is CCONC(=O)c1cnn(-c2cccc(Cl)c2)c1. The van der Waals surface area contributed by atoms with E-state index in [9.17, 15) is 4.79 Å². The van der Waals surface area contributed by atoms with Gasteiger partial charge in [-0.2, -0.15) is 5.10 Å². The zero-order valence-electron chi connectivity index (χ0n) is 9.76.